The van der Waals surface area contributed by atoms with Crippen LogP contribution >= 0.6 is 0 Å². The van der Waals surface area contributed by atoms with E-state index in [1.54, 1.807) is 4.90 Å². The van der Waals surface area contributed by atoms with Crippen molar-refractivity contribution < 1.29 is 4.79 Å². The van der Waals surface area contributed by atoms with E-state index in [0.29, 0.717) is 0 Å². The maximum Gasteiger partial charge on any atom is 0.248 e. The molecule has 1 aromatic rings. The molecule has 1 atom stereocenters. The van der Waals surface area contributed by atoms with Gasteiger partial charge in [0.05, 0.1) is 0 Å². The molecule has 30 heavy (non-hydrogen) atoms. The fourth-order valence-electron chi connectivity index (χ4n) is 4.60. The average Bonchev–Trinajstić information content (AvgIpc) is 3.01. The van der Waals surface area contributed by atoms with E-state index < -0.39 is 0 Å². The van der Waals surface area contributed by atoms with Gasteiger partial charge in [-0.05, 0) is 19.0 Å². The number of likely N-dealkylation sites (N-methyl/N-ethyl adjacent to an activating group) is 1. The summed E-state index contributed by atoms with van der Waals surface area (Å²) >= 11 is 0. The number of nitrogens with one attached hydrogen (secondary N) is 1. The van der Waals surface area contributed by atoms with E-state index in [1.165, 1.54) is 96.3 Å². The standard InChI is InChI=1S/C27H46N2O/c1-3-4-5-6-7-8-9-10-11-12-13-14-15-16-17-20-23-28-26-24-21-18-19-22-25(24)29(2)27(26)30/h18-19,21-22,26,28H,3-17,20,23H2,1-2H3/t26-/m1/s1. The number of amides is 1. The maximum atomic E-state index is 12.4. The van der Waals surface area contributed by atoms with Gasteiger partial charge in [0.2, 0.25) is 5.91 Å². The lowest BCUT2D eigenvalue weighted by molar-refractivity contribution is -0.119. The summed E-state index contributed by atoms with van der Waals surface area (Å²) in [5.74, 6) is 0.174. The summed E-state index contributed by atoms with van der Waals surface area (Å²) in [4.78, 5) is 14.2. The van der Waals surface area contributed by atoms with Gasteiger partial charge in [0.15, 0.2) is 0 Å². The third-order valence-electron chi connectivity index (χ3n) is 6.57. The molecule has 0 bridgehead atoms. The van der Waals surface area contributed by atoms with Crippen LogP contribution in [0.25, 0.3) is 0 Å². The van der Waals surface area contributed by atoms with Gasteiger partial charge in [-0.25, -0.2) is 0 Å². The third-order valence-corrected chi connectivity index (χ3v) is 6.57. The van der Waals surface area contributed by atoms with Gasteiger partial charge in [-0.3, -0.25) is 4.79 Å². The van der Waals surface area contributed by atoms with Gasteiger partial charge in [0, 0.05) is 18.3 Å². The van der Waals surface area contributed by atoms with Crippen molar-refractivity contribution in [3.05, 3.63) is 29.8 Å². The number of nitrogens with zero attached hydrogens (tertiary/aromatic N) is 1. The second-order valence-electron chi connectivity index (χ2n) is 9.15. The molecular weight excluding hydrogens is 368 g/mol. The number of carbonyl (C=O) groups excluding carboxylic acids is 1. The van der Waals surface area contributed by atoms with Crippen molar-refractivity contribution in [1.82, 2.24) is 5.32 Å². The number of rotatable bonds is 18. The second-order valence-corrected chi connectivity index (χ2v) is 9.15. The third kappa shape index (κ3) is 8.79. The molecular formula is C27H46N2O. The molecule has 0 radical (unpaired) electrons. The van der Waals surface area contributed by atoms with Gasteiger partial charge in [-0.15, -0.1) is 0 Å². The zero-order valence-electron chi connectivity index (χ0n) is 19.8. The first-order valence-corrected chi connectivity index (χ1v) is 12.9. The molecule has 0 fully saturated rings. The molecule has 1 heterocycles. The first-order valence-electron chi connectivity index (χ1n) is 12.9. The lowest BCUT2D eigenvalue weighted by Crippen LogP contribution is -2.32. The molecule has 1 N–H and O–H groups in total. The molecule has 170 valence electrons. The van der Waals surface area contributed by atoms with Crippen LogP contribution in [0.15, 0.2) is 24.3 Å². The van der Waals surface area contributed by atoms with Crippen molar-refractivity contribution in [1.29, 1.82) is 0 Å². The normalized spacial score (nSPS) is 15.7. The largest absolute Gasteiger partial charge is 0.313 e. The molecule has 0 aromatic heterocycles. The Morgan fingerprint density at radius 1 is 0.733 bits per heavy atom. The van der Waals surface area contributed by atoms with Crippen LogP contribution in [-0.2, 0) is 4.79 Å². The van der Waals surface area contributed by atoms with Gasteiger partial charge < -0.3 is 10.2 Å². The number of fused-ring (bicyclic) bond motifs is 1. The summed E-state index contributed by atoms with van der Waals surface area (Å²) < 4.78 is 0. The predicted octanol–water partition coefficient (Wildman–Crippen LogP) is 7.56. The first-order chi connectivity index (χ1) is 14.8. The van der Waals surface area contributed by atoms with E-state index in [1.807, 2.05) is 25.2 Å². The zero-order valence-corrected chi connectivity index (χ0v) is 19.8. The van der Waals surface area contributed by atoms with E-state index in [4.69, 9.17) is 0 Å². The van der Waals surface area contributed by atoms with Crippen molar-refractivity contribution in [3.8, 4) is 0 Å². The quantitative estimate of drug-likeness (QED) is 0.251. The summed E-state index contributed by atoms with van der Waals surface area (Å²) in [5.41, 5.74) is 2.17. The van der Waals surface area contributed by atoms with Crippen LogP contribution in [0.4, 0.5) is 5.69 Å². The van der Waals surface area contributed by atoms with Crippen LogP contribution in [0, 0.1) is 0 Å². The zero-order chi connectivity index (χ0) is 21.4. The Kier molecular flexibility index (Phi) is 12.8. The SMILES string of the molecule is CCCCCCCCCCCCCCCCCCN[C@H]1C(=O)N(C)c2ccccc21. The van der Waals surface area contributed by atoms with Gasteiger partial charge in [-0.1, -0.05) is 121 Å². The summed E-state index contributed by atoms with van der Waals surface area (Å²) in [7, 11) is 1.87. The van der Waals surface area contributed by atoms with Crippen LogP contribution in [0.2, 0.25) is 0 Å². The predicted molar refractivity (Wildman–Crippen MR) is 130 cm³/mol. The Balaban J connectivity index is 1.36. The molecule has 3 heteroatoms. The van der Waals surface area contributed by atoms with Gasteiger partial charge in [0.25, 0.3) is 0 Å². The summed E-state index contributed by atoms with van der Waals surface area (Å²) in [6.45, 7) is 3.22. The van der Waals surface area contributed by atoms with Gasteiger partial charge >= 0.3 is 0 Å². The minimum Gasteiger partial charge on any atom is -0.313 e. The van der Waals surface area contributed by atoms with Gasteiger partial charge in [-0.2, -0.15) is 0 Å². The fourth-order valence-corrected chi connectivity index (χ4v) is 4.60. The second kappa shape index (κ2) is 15.5. The Morgan fingerprint density at radius 2 is 1.20 bits per heavy atom. The summed E-state index contributed by atoms with van der Waals surface area (Å²) in [6, 6.07) is 7.98. The lowest BCUT2D eigenvalue weighted by atomic mass is 10.0. The smallest absolute Gasteiger partial charge is 0.248 e. The number of hydrogen-bond acceptors (Lipinski definition) is 2. The molecule has 0 aliphatic carbocycles. The highest BCUT2D eigenvalue weighted by Gasteiger charge is 2.33. The van der Waals surface area contributed by atoms with Crippen LogP contribution < -0.4 is 10.2 Å². The highest BCUT2D eigenvalue weighted by molar-refractivity contribution is 6.04. The summed E-state index contributed by atoms with van der Waals surface area (Å²) in [6.07, 6.45) is 22.2. The maximum absolute atomic E-state index is 12.4. The molecule has 2 rings (SSSR count). The molecule has 1 amide bonds. The minimum atomic E-state index is -0.150. The lowest BCUT2D eigenvalue weighted by Gasteiger charge is -2.13. The minimum absolute atomic E-state index is 0.150. The van der Waals surface area contributed by atoms with E-state index in [2.05, 4.69) is 18.3 Å². The highest BCUT2D eigenvalue weighted by Crippen LogP contribution is 2.34. The molecule has 0 spiro atoms. The van der Waals surface area contributed by atoms with Crippen molar-refractivity contribution in [2.24, 2.45) is 0 Å². The van der Waals surface area contributed by atoms with E-state index in [9.17, 15) is 4.79 Å². The molecule has 0 saturated heterocycles. The molecule has 3 nitrogen and oxygen atoms in total. The summed E-state index contributed by atoms with van der Waals surface area (Å²) in [5, 5.41) is 3.48. The van der Waals surface area contributed by atoms with Crippen LogP contribution in [0.3, 0.4) is 0 Å². The van der Waals surface area contributed by atoms with E-state index >= 15 is 0 Å². The topological polar surface area (TPSA) is 32.3 Å². The Morgan fingerprint density at radius 3 is 1.73 bits per heavy atom. The van der Waals surface area contributed by atoms with Crippen LogP contribution in [0.5, 0.6) is 0 Å². The van der Waals surface area contributed by atoms with Crippen molar-refractivity contribution in [2.45, 2.75) is 116 Å². The Bertz CT molecular complexity index is 586. The number of benzene rings is 1. The van der Waals surface area contributed by atoms with Crippen molar-refractivity contribution in [3.63, 3.8) is 0 Å². The average molecular weight is 415 g/mol. The number of carbonyl (C=O) groups is 1. The van der Waals surface area contributed by atoms with E-state index in [0.717, 1.165) is 24.2 Å². The van der Waals surface area contributed by atoms with Crippen LogP contribution in [-0.4, -0.2) is 19.5 Å². The van der Waals surface area contributed by atoms with Crippen molar-refractivity contribution >= 4 is 11.6 Å². The number of anilines is 1. The number of para-hydroxylation sites is 1. The fraction of sp³-hybridized carbons (Fsp3) is 0.741. The highest BCUT2D eigenvalue weighted by atomic mass is 16.2. The molecule has 1 aliphatic rings. The van der Waals surface area contributed by atoms with Crippen molar-refractivity contribution in [2.75, 3.05) is 18.5 Å². The Hall–Kier alpha value is -1.35. The molecule has 1 aromatic carbocycles. The van der Waals surface area contributed by atoms with Gasteiger partial charge in [0.1, 0.15) is 6.04 Å². The molecule has 0 saturated carbocycles. The molecule has 1 aliphatic heterocycles. The molecule has 0 unspecified atom stereocenters. The first kappa shape index (κ1) is 24.9. The number of unbranched alkanes of at least 4 members (excludes halogenated alkanes) is 15. The van der Waals surface area contributed by atoms with E-state index in [-0.39, 0.29) is 11.9 Å². The van der Waals surface area contributed by atoms with Crippen LogP contribution in [0.1, 0.15) is 121 Å². The number of hydrogen-bond donors (Lipinski definition) is 1. The monoisotopic (exact) mass is 414 g/mol. The Labute approximate surface area is 186 Å².